The minimum absolute atomic E-state index is 0.00225. The van der Waals surface area contributed by atoms with E-state index < -0.39 is 154 Å². The predicted octanol–water partition coefficient (Wildman–Crippen LogP) is -2.80. The van der Waals surface area contributed by atoms with Crippen molar-refractivity contribution in [2.45, 2.75) is 227 Å². The summed E-state index contributed by atoms with van der Waals surface area (Å²) < 4.78 is 54.4. The van der Waals surface area contributed by atoms with Crippen molar-refractivity contribution < 1.29 is 114 Å². The van der Waals surface area contributed by atoms with E-state index >= 15 is 0 Å². The number of hydrogen-bond donors (Lipinski definition) is 13. The molecule has 4 saturated carbocycles. The Bertz CT molecular complexity index is 1960. The fraction of sp³-hybridized carbons (Fsp3) is 0.941. The van der Waals surface area contributed by atoms with Crippen LogP contribution < -0.4 is 0 Å². The molecule has 8 fully saturated rings. The fourth-order valence-corrected chi connectivity index (χ4v) is 14.8. The lowest BCUT2D eigenvalue weighted by atomic mass is 9.44. The van der Waals surface area contributed by atoms with Crippen LogP contribution in [0.5, 0.6) is 0 Å². The Balaban J connectivity index is 0.850. The highest BCUT2D eigenvalue weighted by molar-refractivity contribution is 5.87. The quantitative estimate of drug-likeness (QED) is 0.0737. The Kier molecular flexibility index (Phi) is 17.3. The molecular formula is C51H82O23. The van der Waals surface area contributed by atoms with Crippen LogP contribution >= 0.6 is 0 Å². The Morgan fingerprint density at radius 1 is 0.635 bits per heavy atom. The van der Waals surface area contributed by atoms with Gasteiger partial charge in [0.2, 0.25) is 0 Å². The smallest absolute Gasteiger partial charge is 0.187 e. The molecule has 30 atom stereocenters. The summed E-state index contributed by atoms with van der Waals surface area (Å²) in [6.45, 7) is 8.12. The summed E-state index contributed by atoms with van der Waals surface area (Å²) in [5, 5.41) is 136. The summed E-state index contributed by atoms with van der Waals surface area (Å²) in [4.78, 5) is 14.8. The molecular weight excluding hydrogens is 981 g/mol. The van der Waals surface area contributed by atoms with Gasteiger partial charge >= 0.3 is 0 Å². The highest BCUT2D eigenvalue weighted by Crippen LogP contribution is 2.69. The molecule has 74 heavy (non-hydrogen) atoms. The lowest BCUT2D eigenvalue weighted by Gasteiger charge is -2.60. The SMILES string of the molecule is CC1=C(CC[C@H](C)CO[C@@H]2O[C@H](CO)[C@@H](O)[C@H](O)[C@H]2O)O[C@H]2C[C@H]3[C@@H]4CC[C@H]5C[C@@H](O[C@@H]6O[C@H](CO)[C@H](O[C@@H]7O[C@H](CO)[C@@H](O)[C@H](O)[C@H]7O)[C@H](O)[C@H]6O[C@@H]6O[C@@H](C)[C@H](O)[C@@H](O)[C@H]6O)CC[C@]5(C)[C@H]4CC(=O)[C@]3(C)[C@@H]12. The van der Waals surface area contributed by atoms with Crippen LogP contribution in [-0.4, -0.2) is 234 Å². The highest BCUT2D eigenvalue weighted by Gasteiger charge is 2.68. The molecule has 0 aromatic carbocycles. The molecule has 23 heteroatoms. The molecule has 9 rings (SSSR count). The Morgan fingerprint density at radius 2 is 1.22 bits per heavy atom. The van der Waals surface area contributed by atoms with Gasteiger partial charge in [-0.2, -0.15) is 0 Å². The van der Waals surface area contributed by atoms with Crippen molar-refractivity contribution in [3.63, 3.8) is 0 Å². The number of carbonyl (C=O) groups excluding carboxylic acids is 1. The first-order valence-electron chi connectivity index (χ1n) is 26.8. The summed E-state index contributed by atoms with van der Waals surface area (Å²) in [6, 6.07) is 0. The predicted molar refractivity (Wildman–Crippen MR) is 249 cm³/mol. The normalized spacial score (nSPS) is 52.9. The zero-order valence-corrected chi connectivity index (χ0v) is 42.8. The van der Waals surface area contributed by atoms with Crippen LogP contribution in [0.2, 0.25) is 0 Å². The number of hydrogen-bond acceptors (Lipinski definition) is 23. The number of rotatable bonds is 15. The number of carbonyl (C=O) groups is 1. The third kappa shape index (κ3) is 10.1. The fourth-order valence-electron chi connectivity index (χ4n) is 14.8. The number of aliphatic hydroxyl groups excluding tert-OH is 13. The average Bonchev–Trinajstić information content (AvgIpc) is 3.87. The van der Waals surface area contributed by atoms with Gasteiger partial charge in [-0.1, -0.05) is 20.8 Å². The Hall–Kier alpha value is -1.63. The Morgan fingerprint density at radius 3 is 1.86 bits per heavy atom. The minimum atomic E-state index is -1.86. The van der Waals surface area contributed by atoms with E-state index in [1.54, 1.807) is 0 Å². The first-order valence-corrected chi connectivity index (χ1v) is 26.8. The van der Waals surface area contributed by atoms with E-state index in [0.717, 1.165) is 30.6 Å². The number of ether oxygens (including phenoxy) is 9. The second-order valence-corrected chi connectivity index (χ2v) is 23.5. The van der Waals surface area contributed by atoms with Gasteiger partial charge in [0.15, 0.2) is 25.2 Å². The zero-order chi connectivity index (χ0) is 53.5. The topological polar surface area (TPSA) is 363 Å². The molecule has 0 spiro atoms. The molecule has 424 valence electrons. The molecule has 0 amide bonds. The van der Waals surface area contributed by atoms with Crippen molar-refractivity contribution in [3.8, 4) is 0 Å². The van der Waals surface area contributed by atoms with Crippen molar-refractivity contribution in [2.75, 3.05) is 26.4 Å². The first kappa shape index (κ1) is 57.1. The molecule has 0 aromatic rings. The molecule has 0 bridgehead atoms. The van der Waals surface area contributed by atoms with E-state index in [4.69, 9.17) is 42.6 Å². The zero-order valence-electron chi connectivity index (χ0n) is 42.8. The van der Waals surface area contributed by atoms with E-state index in [9.17, 15) is 71.2 Å². The highest BCUT2D eigenvalue weighted by atomic mass is 16.8. The van der Waals surface area contributed by atoms with Gasteiger partial charge in [-0.25, -0.2) is 0 Å². The first-order chi connectivity index (χ1) is 35.1. The third-order valence-electron chi connectivity index (χ3n) is 19.3. The number of aliphatic hydroxyl groups is 13. The molecule has 9 aliphatic rings. The standard InChI is InChI=1S/C51H82O23/c1-19(18-66-46-40(62)38(60)35(57)29(15-52)70-46)6-9-27-20(2)33-28(69-27)13-26-24-8-7-22-12-23(10-11-50(22,4)25(24)14-32(55)51(26,33)5)68-49-45(74-47-41(63)37(59)34(56)21(3)67-47)43(65)44(31(17-54)72-49)73-48-42(64)39(61)36(58)30(16-53)71-48/h19,21-26,28-31,33-49,52-54,56-65H,6-18H2,1-5H3/t19-,21-,22-,23-,24+,25-,26-,28-,29+,30+,31+,33-,34-,35+,36+,37+,38-,39-,40+,41+,42+,43-,44-,45+,46+,47-,48-,49+,50-,51+/m0/s1. The summed E-state index contributed by atoms with van der Waals surface area (Å²) in [5.41, 5.74) is 0.296. The summed E-state index contributed by atoms with van der Waals surface area (Å²) in [5.74, 6) is 1.77. The van der Waals surface area contributed by atoms with E-state index in [-0.39, 0.29) is 53.5 Å². The van der Waals surface area contributed by atoms with Crippen LogP contribution in [-0.2, 0) is 47.4 Å². The average molecular weight is 1060 g/mol. The third-order valence-corrected chi connectivity index (χ3v) is 19.3. The van der Waals surface area contributed by atoms with Crippen molar-refractivity contribution in [3.05, 3.63) is 11.3 Å². The van der Waals surface area contributed by atoms with Crippen LogP contribution in [0.4, 0.5) is 0 Å². The van der Waals surface area contributed by atoms with Crippen molar-refractivity contribution in [2.24, 2.45) is 46.3 Å². The van der Waals surface area contributed by atoms with E-state index in [0.29, 0.717) is 44.4 Å². The summed E-state index contributed by atoms with van der Waals surface area (Å²) >= 11 is 0. The van der Waals surface area contributed by atoms with Gasteiger partial charge in [0, 0.05) is 24.2 Å². The molecule has 0 unspecified atom stereocenters. The second kappa shape index (κ2) is 22.5. The molecule has 4 saturated heterocycles. The lowest BCUT2D eigenvalue weighted by Crippen LogP contribution is -2.67. The van der Waals surface area contributed by atoms with Crippen LogP contribution in [0.15, 0.2) is 11.3 Å². The second-order valence-electron chi connectivity index (χ2n) is 23.5. The number of Topliss-reactive ketones (excluding diaryl/α,β-unsaturated/α-hetero) is 1. The number of ketones is 1. The van der Waals surface area contributed by atoms with Crippen molar-refractivity contribution in [1.29, 1.82) is 0 Å². The van der Waals surface area contributed by atoms with E-state index in [1.807, 2.05) is 6.92 Å². The van der Waals surface area contributed by atoms with Gasteiger partial charge < -0.3 is 109 Å². The van der Waals surface area contributed by atoms with Gasteiger partial charge in [-0.15, -0.1) is 0 Å². The summed E-state index contributed by atoms with van der Waals surface area (Å²) in [6.07, 6.45) is -24.9. The minimum Gasteiger partial charge on any atom is -0.494 e. The maximum Gasteiger partial charge on any atom is 0.187 e. The van der Waals surface area contributed by atoms with Crippen LogP contribution in [0.3, 0.4) is 0 Å². The molecule has 13 N–H and O–H groups in total. The maximum absolute atomic E-state index is 14.8. The van der Waals surface area contributed by atoms with Gasteiger partial charge in [0.1, 0.15) is 103 Å². The van der Waals surface area contributed by atoms with Gasteiger partial charge in [-0.3, -0.25) is 4.79 Å². The molecule has 4 aliphatic carbocycles. The molecule has 5 aliphatic heterocycles. The van der Waals surface area contributed by atoms with Crippen LogP contribution in [0.25, 0.3) is 0 Å². The van der Waals surface area contributed by atoms with Crippen LogP contribution in [0.1, 0.15) is 92.4 Å². The van der Waals surface area contributed by atoms with Crippen LogP contribution in [0, 0.1) is 46.3 Å². The van der Waals surface area contributed by atoms with Gasteiger partial charge in [-0.05, 0) is 99.4 Å². The number of allylic oxidation sites excluding steroid dienone is 1. The molecule has 0 radical (unpaired) electrons. The monoisotopic (exact) mass is 1060 g/mol. The van der Waals surface area contributed by atoms with E-state index in [2.05, 4.69) is 20.8 Å². The maximum atomic E-state index is 14.8. The molecule has 5 heterocycles. The summed E-state index contributed by atoms with van der Waals surface area (Å²) in [7, 11) is 0. The van der Waals surface area contributed by atoms with E-state index in [1.165, 1.54) is 6.92 Å². The largest absolute Gasteiger partial charge is 0.494 e. The number of fused-ring (bicyclic) bond motifs is 7. The lowest BCUT2D eigenvalue weighted by molar-refractivity contribution is -0.390. The van der Waals surface area contributed by atoms with Gasteiger partial charge in [0.05, 0.1) is 44.4 Å². The molecule has 23 nitrogen and oxygen atoms in total. The van der Waals surface area contributed by atoms with Crippen molar-refractivity contribution >= 4 is 5.78 Å². The molecule has 0 aromatic heterocycles. The Labute approximate surface area is 430 Å². The van der Waals surface area contributed by atoms with Gasteiger partial charge in [0.25, 0.3) is 0 Å². The van der Waals surface area contributed by atoms with Crippen molar-refractivity contribution in [1.82, 2.24) is 0 Å².